The van der Waals surface area contributed by atoms with Crippen molar-refractivity contribution in [1.82, 2.24) is 19.7 Å². The van der Waals surface area contributed by atoms with Crippen LogP contribution < -0.4 is 0 Å². The fourth-order valence-corrected chi connectivity index (χ4v) is 4.39. The molecule has 2 heterocycles. The van der Waals surface area contributed by atoms with Crippen molar-refractivity contribution in [3.05, 3.63) is 71.3 Å². The number of halogens is 1. The smallest absolute Gasteiger partial charge is 0.254 e. The molecular formula is C22H23FN4O3S. The summed E-state index contributed by atoms with van der Waals surface area (Å²) >= 11 is 1.40. The first kappa shape index (κ1) is 21.5. The molecule has 1 amide bonds. The van der Waals surface area contributed by atoms with E-state index in [-0.39, 0.29) is 18.3 Å². The number of carbonyl (C=O) groups is 1. The average Bonchev–Trinajstić information content (AvgIpc) is 3.21. The number of para-hydroxylation sites is 1. The number of benzene rings is 2. The summed E-state index contributed by atoms with van der Waals surface area (Å²) < 4.78 is 26.7. The van der Waals surface area contributed by atoms with E-state index in [4.69, 9.17) is 9.47 Å². The lowest BCUT2D eigenvalue weighted by atomic mass is 10.1. The average molecular weight is 443 g/mol. The van der Waals surface area contributed by atoms with E-state index in [0.717, 1.165) is 5.56 Å². The molecule has 1 saturated heterocycles. The summed E-state index contributed by atoms with van der Waals surface area (Å²) in [5.74, 6) is 0.624. The van der Waals surface area contributed by atoms with Crippen LogP contribution in [0.1, 0.15) is 21.7 Å². The number of aromatic nitrogens is 3. The molecule has 0 aliphatic carbocycles. The summed E-state index contributed by atoms with van der Waals surface area (Å²) in [6.45, 7) is 2.48. The minimum absolute atomic E-state index is 0.00450. The second-order valence-corrected chi connectivity index (χ2v) is 7.91. The number of morpholine rings is 1. The summed E-state index contributed by atoms with van der Waals surface area (Å²) in [6, 6.07) is 14.0. The summed E-state index contributed by atoms with van der Waals surface area (Å²) in [5, 5.41) is 8.96. The first-order valence-electron chi connectivity index (χ1n) is 9.95. The zero-order valence-corrected chi connectivity index (χ0v) is 18.0. The van der Waals surface area contributed by atoms with Gasteiger partial charge in [0.1, 0.15) is 12.4 Å². The fraction of sp³-hybridized carbons (Fsp3) is 0.318. The Labute approximate surface area is 184 Å². The number of nitrogens with zero attached hydrogens (tertiary/aromatic N) is 4. The van der Waals surface area contributed by atoms with Gasteiger partial charge in [0.15, 0.2) is 11.0 Å². The van der Waals surface area contributed by atoms with Crippen LogP contribution in [0.5, 0.6) is 0 Å². The number of amides is 1. The third-order valence-electron chi connectivity index (χ3n) is 4.97. The predicted octanol–water partition coefficient (Wildman–Crippen LogP) is 3.32. The quantitative estimate of drug-likeness (QED) is 0.523. The third kappa shape index (κ3) is 4.79. The molecule has 0 saturated carbocycles. The molecule has 3 aromatic rings. The Morgan fingerprint density at radius 3 is 2.65 bits per heavy atom. The maximum Gasteiger partial charge on any atom is 0.254 e. The van der Waals surface area contributed by atoms with Crippen LogP contribution in [0.4, 0.5) is 4.39 Å². The highest BCUT2D eigenvalue weighted by Crippen LogP contribution is 2.28. The van der Waals surface area contributed by atoms with Crippen LogP contribution in [0.25, 0.3) is 5.69 Å². The van der Waals surface area contributed by atoms with Gasteiger partial charge in [-0.05, 0) is 23.8 Å². The third-order valence-corrected chi connectivity index (χ3v) is 5.95. The van der Waals surface area contributed by atoms with Gasteiger partial charge in [0.2, 0.25) is 0 Å². The van der Waals surface area contributed by atoms with E-state index in [0.29, 0.717) is 54.3 Å². The van der Waals surface area contributed by atoms with Crippen LogP contribution in [-0.2, 0) is 21.8 Å². The maximum absolute atomic E-state index is 14.5. The second kappa shape index (κ2) is 10.0. The molecule has 1 aliphatic rings. The number of ether oxygens (including phenoxy) is 2. The van der Waals surface area contributed by atoms with Gasteiger partial charge in [0.05, 0.1) is 18.9 Å². The van der Waals surface area contributed by atoms with E-state index in [2.05, 4.69) is 10.2 Å². The molecule has 1 fully saturated rings. The van der Waals surface area contributed by atoms with E-state index >= 15 is 0 Å². The molecule has 0 spiro atoms. The van der Waals surface area contributed by atoms with Crippen molar-refractivity contribution >= 4 is 17.7 Å². The van der Waals surface area contributed by atoms with E-state index < -0.39 is 0 Å². The van der Waals surface area contributed by atoms with Gasteiger partial charge in [-0.2, -0.15) is 0 Å². The molecule has 1 aliphatic heterocycles. The second-order valence-electron chi connectivity index (χ2n) is 6.97. The Hall–Kier alpha value is -2.75. The molecule has 0 atom stereocenters. The van der Waals surface area contributed by atoms with Gasteiger partial charge in [-0.1, -0.05) is 42.1 Å². The van der Waals surface area contributed by atoms with Gasteiger partial charge in [0.25, 0.3) is 5.91 Å². The lowest BCUT2D eigenvalue weighted by Crippen LogP contribution is -2.41. The van der Waals surface area contributed by atoms with Crippen molar-refractivity contribution in [1.29, 1.82) is 0 Å². The van der Waals surface area contributed by atoms with Gasteiger partial charge in [-0.25, -0.2) is 4.39 Å². The Morgan fingerprint density at radius 1 is 1.13 bits per heavy atom. The highest BCUT2D eigenvalue weighted by molar-refractivity contribution is 7.98. The number of methoxy groups -OCH3 is 1. The van der Waals surface area contributed by atoms with Crippen molar-refractivity contribution in [3.63, 3.8) is 0 Å². The normalized spacial score (nSPS) is 14.1. The Balaban J connectivity index is 1.59. The van der Waals surface area contributed by atoms with Crippen molar-refractivity contribution in [3.8, 4) is 5.69 Å². The highest BCUT2D eigenvalue weighted by Gasteiger charge is 2.22. The topological polar surface area (TPSA) is 69.5 Å². The number of carbonyl (C=O) groups excluding carboxylic acids is 1. The van der Waals surface area contributed by atoms with Crippen molar-refractivity contribution in [2.45, 2.75) is 17.5 Å². The van der Waals surface area contributed by atoms with Crippen LogP contribution in [0.3, 0.4) is 0 Å². The molecule has 0 unspecified atom stereocenters. The number of thioether (sulfide) groups is 1. The monoisotopic (exact) mass is 442 g/mol. The number of rotatable bonds is 7. The van der Waals surface area contributed by atoms with Crippen molar-refractivity contribution in [2.24, 2.45) is 0 Å². The molecular weight excluding hydrogens is 419 g/mol. The van der Waals surface area contributed by atoms with E-state index in [1.54, 1.807) is 29.9 Å². The molecule has 162 valence electrons. The molecule has 0 radical (unpaired) electrons. The zero-order chi connectivity index (χ0) is 21.6. The highest BCUT2D eigenvalue weighted by atomic mass is 32.2. The van der Waals surface area contributed by atoms with Gasteiger partial charge < -0.3 is 14.4 Å². The molecule has 7 nitrogen and oxygen atoms in total. The molecule has 2 aromatic carbocycles. The minimum atomic E-state index is -0.371. The zero-order valence-electron chi connectivity index (χ0n) is 17.2. The molecule has 1 aromatic heterocycles. The van der Waals surface area contributed by atoms with E-state index in [1.165, 1.54) is 17.8 Å². The summed E-state index contributed by atoms with van der Waals surface area (Å²) in [5.41, 5.74) is 1.91. The molecule has 9 heteroatoms. The van der Waals surface area contributed by atoms with Gasteiger partial charge in [-0.3, -0.25) is 9.36 Å². The van der Waals surface area contributed by atoms with Gasteiger partial charge in [0, 0.05) is 31.5 Å². The SMILES string of the molecule is COCc1nnc(SCc2ccccc2C(=O)N2CCOCC2)n1-c1ccccc1F. The Morgan fingerprint density at radius 2 is 1.87 bits per heavy atom. The lowest BCUT2D eigenvalue weighted by molar-refractivity contribution is 0.0302. The van der Waals surface area contributed by atoms with Crippen LogP contribution in [-0.4, -0.2) is 59.0 Å². The van der Waals surface area contributed by atoms with Crippen LogP contribution in [0, 0.1) is 5.82 Å². The lowest BCUT2D eigenvalue weighted by Gasteiger charge is -2.27. The van der Waals surface area contributed by atoms with Gasteiger partial charge >= 0.3 is 0 Å². The number of hydrogen-bond donors (Lipinski definition) is 0. The Kier molecular flexibility index (Phi) is 6.96. The number of hydrogen-bond acceptors (Lipinski definition) is 6. The Bertz CT molecular complexity index is 1050. The first-order valence-corrected chi connectivity index (χ1v) is 10.9. The minimum Gasteiger partial charge on any atom is -0.378 e. The maximum atomic E-state index is 14.5. The van der Waals surface area contributed by atoms with Crippen LogP contribution >= 0.6 is 11.8 Å². The predicted molar refractivity (Wildman–Crippen MR) is 115 cm³/mol. The molecule has 0 bridgehead atoms. The van der Waals surface area contributed by atoms with E-state index in [1.807, 2.05) is 29.2 Å². The van der Waals surface area contributed by atoms with Crippen molar-refractivity contribution < 1.29 is 18.7 Å². The standard InChI is InChI=1S/C22H23FN4O3S/c1-29-14-20-24-25-22(27(20)19-9-5-4-8-18(19)23)31-15-16-6-2-3-7-17(16)21(28)26-10-12-30-13-11-26/h2-9H,10-15H2,1H3. The fourth-order valence-electron chi connectivity index (χ4n) is 3.43. The summed E-state index contributed by atoms with van der Waals surface area (Å²) in [7, 11) is 1.56. The van der Waals surface area contributed by atoms with Gasteiger partial charge in [-0.15, -0.1) is 10.2 Å². The van der Waals surface area contributed by atoms with Crippen molar-refractivity contribution in [2.75, 3.05) is 33.4 Å². The summed E-state index contributed by atoms with van der Waals surface area (Å²) in [6.07, 6.45) is 0. The van der Waals surface area contributed by atoms with Crippen LogP contribution in [0.2, 0.25) is 0 Å². The molecule has 0 N–H and O–H groups in total. The largest absolute Gasteiger partial charge is 0.378 e. The van der Waals surface area contributed by atoms with E-state index in [9.17, 15) is 9.18 Å². The first-order chi connectivity index (χ1) is 15.2. The molecule has 4 rings (SSSR count). The summed E-state index contributed by atoms with van der Waals surface area (Å²) in [4.78, 5) is 14.8. The molecule has 31 heavy (non-hydrogen) atoms. The van der Waals surface area contributed by atoms with Crippen LogP contribution in [0.15, 0.2) is 53.7 Å².